The maximum atomic E-state index is 13.5. The van der Waals surface area contributed by atoms with Gasteiger partial charge in [-0.2, -0.15) is 18.3 Å². The van der Waals surface area contributed by atoms with Gasteiger partial charge in [-0.05, 0) is 38.1 Å². The van der Waals surface area contributed by atoms with Crippen molar-refractivity contribution >= 4 is 49.2 Å². The minimum atomic E-state index is -4.62. The third-order valence-corrected chi connectivity index (χ3v) is 5.46. The molecule has 4 aromatic rings. The van der Waals surface area contributed by atoms with Crippen LogP contribution in [0.3, 0.4) is 0 Å². The number of benzene rings is 2. The molecule has 0 unspecified atom stereocenters. The molecule has 30 heavy (non-hydrogen) atoms. The molecule has 2 aromatic heterocycles. The summed E-state index contributed by atoms with van der Waals surface area (Å²) in [5.74, 6) is -1.01. The average molecular weight is 437 g/mol. The van der Waals surface area contributed by atoms with Crippen molar-refractivity contribution in [2.24, 2.45) is 0 Å². The number of alkyl halides is 3. The summed E-state index contributed by atoms with van der Waals surface area (Å²) in [6, 6.07) is 6.55. The van der Waals surface area contributed by atoms with Crippen molar-refractivity contribution in [3.05, 3.63) is 47.9 Å². The summed E-state index contributed by atoms with van der Waals surface area (Å²) < 4.78 is 54.1. The number of aromatic nitrogens is 3. The van der Waals surface area contributed by atoms with E-state index in [1.807, 2.05) is 0 Å². The molecule has 156 valence electrons. The van der Waals surface area contributed by atoms with Crippen LogP contribution in [-0.2, 0) is 11.0 Å². The van der Waals surface area contributed by atoms with Crippen LogP contribution in [0.5, 0.6) is 0 Å². The molecule has 0 atom stereocenters. The molecular formula is C19H15F4N5OS. The van der Waals surface area contributed by atoms with Gasteiger partial charge in [0.25, 0.3) is 5.91 Å². The Kier molecular flexibility index (Phi) is 4.64. The fraction of sp³-hybridized carbons (Fsp3) is 0.211. The summed E-state index contributed by atoms with van der Waals surface area (Å²) in [6.45, 7) is 3.13. The zero-order chi connectivity index (χ0) is 21.7. The Morgan fingerprint density at radius 1 is 1.20 bits per heavy atom. The molecule has 0 radical (unpaired) electrons. The summed E-state index contributed by atoms with van der Waals surface area (Å²) in [6.07, 6.45) is -3.21. The molecule has 6 nitrogen and oxygen atoms in total. The van der Waals surface area contributed by atoms with Crippen molar-refractivity contribution in [2.45, 2.75) is 25.6 Å². The van der Waals surface area contributed by atoms with E-state index in [0.29, 0.717) is 11.1 Å². The van der Waals surface area contributed by atoms with Crippen LogP contribution in [-0.4, -0.2) is 26.6 Å². The van der Waals surface area contributed by atoms with E-state index in [2.05, 4.69) is 25.8 Å². The fourth-order valence-corrected chi connectivity index (χ4v) is 3.99. The lowest BCUT2D eigenvalue weighted by atomic mass is 10.0. The number of rotatable bonds is 4. The second kappa shape index (κ2) is 6.94. The van der Waals surface area contributed by atoms with E-state index in [9.17, 15) is 22.4 Å². The highest BCUT2D eigenvalue weighted by molar-refractivity contribution is 7.23. The predicted molar refractivity (Wildman–Crippen MR) is 107 cm³/mol. The second-order valence-corrected chi connectivity index (χ2v) is 8.16. The number of thiazole rings is 1. The Bertz CT molecular complexity index is 1260. The summed E-state index contributed by atoms with van der Waals surface area (Å²) in [5.41, 5.74) is -1.75. The van der Waals surface area contributed by atoms with Gasteiger partial charge >= 0.3 is 6.18 Å². The van der Waals surface area contributed by atoms with Crippen molar-refractivity contribution < 1.29 is 22.4 Å². The van der Waals surface area contributed by atoms with Gasteiger partial charge in [0.05, 0.1) is 27.5 Å². The van der Waals surface area contributed by atoms with Gasteiger partial charge in [-0.3, -0.25) is 15.2 Å². The molecule has 0 bridgehead atoms. The molecule has 2 heterocycles. The monoisotopic (exact) mass is 437 g/mol. The number of anilines is 2. The number of hydrogen-bond acceptors (Lipinski definition) is 5. The summed E-state index contributed by atoms with van der Waals surface area (Å²) in [5, 5.41) is 12.3. The molecule has 3 N–H and O–H groups in total. The minimum Gasteiger partial charge on any atom is -0.372 e. The SMILES string of the molecule is CC(C)(Nc1cccc(F)c1)C(=O)Nc1nc2c(C(F)(F)F)cc3[nH]ncc3c2s1. The number of nitrogens with zero attached hydrogens (tertiary/aromatic N) is 2. The van der Waals surface area contributed by atoms with Gasteiger partial charge < -0.3 is 5.32 Å². The summed E-state index contributed by atoms with van der Waals surface area (Å²) in [4.78, 5) is 16.8. The summed E-state index contributed by atoms with van der Waals surface area (Å²) >= 11 is 0.924. The van der Waals surface area contributed by atoms with Crippen LogP contribution >= 0.6 is 11.3 Å². The Morgan fingerprint density at radius 3 is 2.67 bits per heavy atom. The molecule has 1 amide bonds. The van der Waals surface area contributed by atoms with E-state index in [-0.39, 0.29) is 20.9 Å². The first-order chi connectivity index (χ1) is 14.0. The number of amides is 1. The highest BCUT2D eigenvalue weighted by Crippen LogP contribution is 2.41. The topological polar surface area (TPSA) is 82.7 Å². The van der Waals surface area contributed by atoms with E-state index in [0.717, 1.165) is 17.4 Å². The molecule has 0 aliphatic carbocycles. The van der Waals surface area contributed by atoms with Gasteiger partial charge in [0.15, 0.2) is 5.13 Å². The first-order valence-corrected chi connectivity index (χ1v) is 9.55. The lowest BCUT2D eigenvalue weighted by Gasteiger charge is -2.25. The van der Waals surface area contributed by atoms with Crippen LogP contribution in [0.1, 0.15) is 19.4 Å². The minimum absolute atomic E-state index is 0.0170. The predicted octanol–water partition coefficient (Wildman–Crippen LogP) is 5.16. The van der Waals surface area contributed by atoms with Crippen molar-refractivity contribution in [3.63, 3.8) is 0 Å². The number of H-pyrrole nitrogens is 1. The maximum absolute atomic E-state index is 13.5. The first kappa shape index (κ1) is 20.1. The number of fused-ring (bicyclic) bond motifs is 3. The quantitative estimate of drug-likeness (QED) is 0.385. The lowest BCUT2D eigenvalue weighted by molar-refractivity contribution is -0.136. The molecule has 0 saturated heterocycles. The zero-order valence-electron chi connectivity index (χ0n) is 15.7. The maximum Gasteiger partial charge on any atom is 0.418 e. The van der Waals surface area contributed by atoms with Gasteiger partial charge in [0.1, 0.15) is 11.4 Å². The highest BCUT2D eigenvalue weighted by Gasteiger charge is 2.36. The Morgan fingerprint density at radius 2 is 1.97 bits per heavy atom. The van der Waals surface area contributed by atoms with Crippen LogP contribution in [0, 0.1) is 5.82 Å². The second-order valence-electron chi connectivity index (χ2n) is 7.16. The number of hydrogen-bond donors (Lipinski definition) is 3. The fourth-order valence-electron chi connectivity index (χ4n) is 2.99. The number of aromatic amines is 1. The molecule has 11 heteroatoms. The third-order valence-electron chi connectivity index (χ3n) is 4.46. The normalized spacial score (nSPS) is 12.5. The molecule has 0 spiro atoms. The molecule has 2 aromatic carbocycles. The lowest BCUT2D eigenvalue weighted by Crippen LogP contribution is -2.44. The number of carbonyl (C=O) groups excluding carboxylic acids is 1. The molecule has 0 saturated carbocycles. The third kappa shape index (κ3) is 3.67. The number of halogens is 4. The highest BCUT2D eigenvalue weighted by atomic mass is 32.1. The molecule has 0 fully saturated rings. The van der Waals surface area contributed by atoms with Gasteiger partial charge in [-0.1, -0.05) is 17.4 Å². The van der Waals surface area contributed by atoms with Crippen LogP contribution < -0.4 is 10.6 Å². The van der Waals surface area contributed by atoms with Gasteiger partial charge in [-0.15, -0.1) is 0 Å². The number of nitrogens with one attached hydrogen (secondary N) is 3. The van der Waals surface area contributed by atoms with E-state index >= 15 is 0 Å². The van der Waals surface area contributed by atoms with Crippen LogP contribution in [0.2, 0.25) is 0 Å². The van der Waals surface area contributed by atoms with Gasteiger partial charge in [0.2, 0.25) is 0 Å². The molecular weight excluding hydrogens is 422 g/mol. The van der Waals surface area contributed by atoms with Crippen LogP contribution in [0.25, 0.3) is 21.1 Å². The van der Waals surface area contributed by atoms with Crippen molar-refractivity contribution in [1.82, 2.24) is 15.2 Å². The van der Waals surface area contributed by atoms with Gasteiger partial charge in [0, 0.05) is 11.1 Å². The van der Waals surface area contributed by atoms with Crippen molar-refractivity contribution in [2.75, 3.05) is 10.6 Å². The first-order valence-electron chi connectivity index (χ1n) is 8.73. The Hall–Kier alpha value is -3.21. The molecule has 0 aliphatic heterocycles. The largest absolute Gasteiger partial charge is 0.418 e. The number of carbonyl (C=O) groups is 1. The van der Waals surface area contributed by atoms with Gasteiger partial charge in [-0.25, -0.2) is 9.37 Å². The van der Waals surface area contributed by atoms with E-state index < -0.39 is 29.0 Å². The van der Waals surface area contributed by atoms with E-state index in [1.165, 1.54) is 24.4 Å². The molecule has 0 aliphatic rings. The van der Waals surface area contributed by atoms with E-state index in [4.69, 9.17) is 0 Å². The van der Waals surface area contributed by atoms with E-state index in [1.54, 1.807) is 19.9 Å². The van der Waals surface area contributed by atoms with Crippen LogP contribution in [0.4, 0.5) is 28.4 Å². The standard InChI is InChI=1S/C19H15F4N5OS/c1-18(2,27-10-5-3-4-9(20)6-10)16(29)26-17-25-14-12(19(21,22)23)7-13-11(8-24-28-13)15(14)30-17/h3-8,27H,1-2H3,(H,24,28)(H,25,26,29). The van der Waals surface area contributed by atoms with Crippen molar-refractivity contribution in [1.29, 1.82) is 0 Å². The zero-order valence-corrected chi connectivity index (χ0v) is 16.5. The smallest absolute Gasteiger partial charge is 0.372 e. The average Bonchev–Trinajstić information content (AvgIpc) is 3.25. The molecule has 4 rings (SSSR count). The Balaban J connectivity index is 1.67. The Labute approximate surface area is 171 Å². The summed E-state index contributed by atoms with van der Waals surface area (Å²) in [7, 11) is 0. The van der Waals surface area contributed by atoms with Crippen molar-refractivity contribution in [3.8, 4) is 0 Å². The van der Waals surface area contributed by atoms with Crippen LogP contribution in [0.15, 0.2) is 36.5 Å².